The van der Waals surface area contributed by atoms with E-state index in [1.54, 1.807) is 6.92 Å². The van der Waals surface area contributed by atoms with Crippen LogP contribution < -0.4 is 0 Å². The molecule has 42 heavy (non-hydrogen) atoms. The number of hydrogen-bond acceptors (Lipinski definition) is 2. The van der Waals surface area contributed by atoms with Crippen LogP contribution in [0.3, 0.4) is 0 Å². The summed E-state index contributed by atoms with van der Waals surface area (Å²) in [5.74, 6) is -0.102. The van der Waals surface area contributed by atoms with Crippen molar-refractivity contribution in [1.29, 1.82) is 0 Å². The average molecular weight is 542 g/mol. The summed E-state index contributed by atoms with van der Waals surface area (Å²) < 4.78 is 2.34. The molecule has 1 heterocycles. The molecule has 0 spiro atoms. The number of aromatic nitrogens is 1. The maximum atomic E-state index is 12.6. The molecule has 0 atom stereocenters. The molecule has 0 bridgehead atoms. The van der Waals surface area contributed by atoms with Gasteiger partial charge in [-0.15, -0.1) is 0 Å². The molecule has 3 nitrogen and oxygen atoms in total. The molecule has 3 heteroatoms. The molecule has 7 aromatic carbocycles. The highest BCUT2D eigenvalue weighted by molar-refractivity contribution is 6.30. The Morgan fingerprint density at radius 2 is 1.24 bits per heavy atom. The number of para-hydroxylation sites is 2. The molecule has 1 aromatic heterocycles. The molecule has 0 radical (unpaired) electrons. The minimum absolute atomic E-state index is 0.0428. The Kier molecular flexibility index (Phi) is 5.26. The summed E-state index contributed by atoms with van der Waals surface area (Å²) >= 11 is 0. The zero-order valence-electron chi connectivity index (χ0n) is 23.3. The Bertz CT molecular complexity index is 2390. The van der Waals surface area contributed by atoms with Crippen molar-refractivity contribution in [3.05, 3.63) is 133 Å². The molecule has 1 N–H and O–H groups in total. The van der Waals surface area contributed by atoms with Gasteiger partial charge in [0, 0.05) is 16.5 Å². The molecule has 0 saturated carbocycles. The molecular weight excluding hydrogens is 514 g/mol. The van der Waals surface area contributed by atoms with Crippen molar-refractivity contribution in [3.63, 3.8) is 0 Å². The summed E-state index contributed by atoms with van der Waals surface area (Å²) in [6.45, 7) is 3.09. The van der Waals surface area contributed by atoms with Crippen molar-refractivity contribution in [2.45, 2.75) is 13.8 Å². The molecule has 0 unspecified atom stereocenters. The number of fused-ring (bicyclic) bond motifs is 3. The third kappa shape index (κ3) is 3.44. The number of allylic oxidation sites excluding steroid dienone is 2. The van der Waals surface area contributed by atoms with Gasteiger partial charge in [-0.05, 0) is 93.2 Å². The summed E-state index contributed by atoms with van der Waals surface area (Å²) in [5, 5.41) is 19.6. The Hall–Kier alpha value is -5.41. The first-order valence-corrected chi connectivity index (χ1v) is 14.2. The van der Waals surface area contributed by atoms with Gasteiger partial charge < -0.3 is 9.67 Å². The van der Waals surface area contributed by atoms with E-state index >= 15 is 0 Å². The summed E-state index contributed by atoms with van der Waals surface area (Å²) in [6.07, 6.45) is 0. The van der Waals surface area contributed by atoms with Crippen LogP contribution in [0.25, 0.3) is 76.5 Å². The lowest BCUT2D eigenvalue weighted by Gasteiger charge is -2.17. The second-order valence-electron chi connectivity index (χ2n) is 11.1. The summed E-state index contributed by atoms with van der Waals surface area (Å²) in [5.41, 5.74) is 6.97. The van der Waals surface area contributed by atoms with Crippen LogP contribution in [0.1, 0.15) is 19.4 Å². The summed E-state index contributed by atoms with van der Waals surface area (Å²) in [7, 11) is 0. The predicted octanol–water partition coefficient (Wildman–Crippen LogP) is 10.2. The predicted molar refractivity (Wildman–Crippen MR) is 176 cm³/mol. The fourth-order valence-electron chi connectivity index (χ4n) is 6.91. The molecule has 8 aromatic rings. The van der Waals surface area contributed by atoms with Crippen LogP contribution in [0.2, 0.25) is 0 Å². The SMILES string of the molecule is CC(=O)C(=C(C)O)c1ccc2ccc3c(-c4ccc5c(c4)c4ccccc4n5-c4ccccc4)ccc4ccc1c2c43. The van der Waals surface area contributed by atoms with Crippen LogP contribution in [0.4, 0.5) is 0 Å². The summed E-state index contributed by atoms with van der Waals surface area (Å²) in [6, 6.07) is 42.9. The van der Waals surface area contributed by atoms with Crippen molar-refractivity contribution in [2.24, 2.45) is 0 Å². The van der Waals surface area contributed by atoms with Crippen LogP contribution in [0.5, 0.6) is 0 Å². The maximum Gasteiger partial charge on any atom is 0.163 e. The molecule has 0 fully saturated rings. The fourth-order valence-corrected chi connectivity index (χ4v) is 6.91. The van der Waals surface area contributed by atoms with Crippen LogP contribution in [0.15, 0.2) is 127 Å². The topological polar surface area (TPSA) is 42.2 Å². The van der Waals surface area contributed by atoms with E-state index in [0.717, 1.165) is 38.4 Å². The normalized spacial score (nSPS) is 12.6. The molecule has 0 aliphatic carbocycles. The van der Waals surface area contributed by atoms with E-state index in [4.69, 9.17) is 0 Å². The van der Waals surface area contributed by atoms with Crippen molar-refractivity contribution < 1.29 is 9.90 Å². The van der Waals surface area contributed by atoms with Gasteiger partial charge in [-0.1, -0.05) is 91.0 Å². The Labute approximate surface area is 242 Å². The molecule has 200 valence electrons. The number of nitrogens with zero attached hydrogens (tertiary/aromatic N) is 1. The van der Waals surface area contributed by atoms with Gasteiger partial charge in [0.15, 0.2) is 5.78 Å². The molecular formula is C39H27NO2. The number of ketones is 1. The van der Waals surface area contributed by atoms with Crippen LogP contribution in [-0.4, -0.2) is 15.5 Å². The van der Waals surface area contributed by atoms with Gasteiger partial charge in [-0.2, -0.15) is 0 Å². The fraction of sp³-hybridized carbons (Fsp3) is 0.0513. The second-order valence-corrected chi connectivity index (χ2v) is 11.1. The van der Waals surface area contributed by atoms with Crippen molar-refractivity contribution in [3.8, 4) is 16.8 Å². The Morgan fingerprint density at radius 1 is 0.595 bits per heavy atom. The standard InChI is InChI=1S/C39H27NO2/c1-23(41)37(24(2)42)32-19-14-26-13-18-31-29(17-12-25-15-20-33(32)39(26)38(25)31)27-16-21-36-34(22-27)30-10-6-7-11-35(30)40(36)28-8-4-3-5-9-28/h3-22,41H,1-2H3. The first-order valence-electron chi connectivity index (χ1n) is 14.2. The molecule has 8 rings (SSSR count). The van der Waals surface area contributed by atoms with Gasteiger partial charge in [-0.25, -0.2) is 0 Å². The maximum absolute atomic E-state index is 12.6. The Morgan fingerprint density at radius 3 is 2.00 bits per heavy atom. The van der Waals surface area contributed by atoms with E-state index in [2.05, 4.69) is 120 Å². The first-order chi connectivity index (χ1) is 20.5. The lowest BCUT2D eigenvalue weighted by molar-refractivity contribution is -0.111. The monoisotopic (exact) mass is 541 g/mol. The molecule has 0 saturated heterocycles. The summed E-state index contributed by atoms with van der Waals surface area (Å²) in [4.78, 5) is 12.6. The minimum atomic E-state index is -0.145. The van der Waals surface area contributed by atoms with Crippen LogP contribution in [-0.2, 0) is 4.79 Å². The quantitative estimate of drug-likeness (QED) is 0.137. The zero-order valence-corrected chi connectivity index (χ0v) is 23.3. The number of carbonyl (C=O) groups is 1. The first kappa shape index (κ1) is 24.4. The smallest absolute Gasteiger partial charge is 0.163 e. The number of rotatable bonds is 4. The minimum Gasteiger partial charge on any atom is -0.512 e. The van der Waals surface area contributed by atoms with Gasteiger partial charge in [0.05, 0.1) is 16.6 Å². The Balaban J connectivity index is 1.41. The van der Waals surface area contributed by atoms with Gasteiger partial charge in [0.1, 0.15) is 5.76 Å². The number of aliphatic hydroxyl groups is 1. The van der Waals surface area contributed by atoms with Crippen LogP contribution >= 0.6 is 0 Å². The number of benzene rings is 7. The van der Waals surface area contributed by atoms with E-state index < -0.39 is 0 Å². The van der Waals surface area contributed by atoms with E-state index in [9.17, 15) is 9.90 Å². The average Bonchev–Trinajstić information content (AvgIpc) is 3.34. The van der Waals surface area contributed by atoms with Crippen LogP contribution in [0, 0.1) is 0 Å². The lowest BCUT2D eigenvalue weighted by Crippen LogP contribution is -2.01. The highest BCUT2D eigenvalue weighted by atomic mass is 16.3. The zero-order chi connectivity index (χ0) is 28.5. The highest BCUT2D eigenvalue weighted by Gasteiger charge is 2.19. The number of hydrogen-bond donors (Lipinski definition) is 1. The van der Waals surface area contributed by atoms with Gasteiger partial charge in [-0.3, -0.25) is 4.79 Å². The molecule has 0 aliphatic heterocycles. The van der Waals surface area contributed by atoms with Crippen molar-refractivity contribution >= 4 is 65.5 Å². The third-order valence-electron chi connectivity index (χ3n) is 8.65. The van der Waals surface area contributed by atoms with Gasteiger partial charge in [0.2, 0.25) is 0 Å². The number of aliphatic hydroxyl groups excluding tert-OH is 1. The second kappa shape index (κ2) is 9.05. The molecule has 0 amide bonds. The van der Waals surface area contributed by atoms with E-state index in [-0.39, 0.29) is 11.5 Å². The van der Waals surface area contributed by atoms with Crippen molar-refractivity contribution in [1.82, 2.24) is 4.57 Å². The number of carbonyl (C=O) groups excluding carboxylic acids is 1. The van der Waals surface area contributed by atoms with Gasteiger partial charge in [0.25, 0.3) is 0 Å². The van der Waals surface area contributed by atoms with Gasteiger partial charge >= 0.3 is 0 Å². The van der Waals surface area contributed by atoms with E-state index in [1.807, 2.05) is 6.07 Å². The number of Topliss-reactive ketones (excluding diaryl/α,β-unsaturated/α-hetero) is 1. The van der Waals surface area contributed by atoms with Crippen molar-refractivity contribution in [2.75, 3.05) is 0 Å². The van der Waals surface area contributed by atoms with E-state index in [0.29, 0.717) is 5.57 Å². The largest absolute Gasteiger partial charge is 0.512 e. The lowest BCUT2D eigenvalue weighted by atomic mass is 9.86. The third-order valence-corrected chi connectivity index (χ3v) is 8.65. The highest BCUT2D eigenvalue weighted by Crippen LogP contribution is 2.43. The van der Waals surface area contributed by atoms with E-state index in [1.165, 1.54) is 45.1 Å². The molecule has 0 aliphatic rings.